The second-order valence-corrected chi connectivity index (χ2v) is 8.92. The van der Waals surface area contributed by atoms with Crippen LogP contribution in [0.5, 0.6) is 5.75 Å². The van der Waals surface area contributed by atoms with Crippen molar-refractivity contribution in [3.05, 3.63) is 29.8 Å². The summed E-state index contributed by atoms with van der Waals surface area (Å²) in [5.41, 5.74) is 0.506. The van der Waals surface area contributed by atoms with Crippen LogP contribution < -0.4 is 4.74 Å². The SMILES string of the molecule is COc1ccc(C2(C(=O)N3C[C@@H]4[C@H](CO)[C@H]5CC[C@]4(C3)O5)CCCC2)cc1. The van der Waals surface area contributed by atoms with Gasteiger partial charge >= 0.3 is 0 Å². The Balaban J connectivity index is 1.43. The number of fused-ring (bicyclic) bond motifs is 1. The molecule has 4 aliphatic rings. The van der Waals surface area contributed by atoms with Gasteiger partial charge in [0.1, 0.15) is 5.75 Å². The van der Waals surface area contributed by atoms with Gasteiger partial charge in [0.05, 0.1) is 30.8 Å². The molecule has 27 heavy (non-hydrogen) atoms. The smallest absolute Gasteiger partial charge is 0.233 e. The fraction of sp³-hybridized carbons (Fsp3) is 0.682. The molecule has 1 spiro atoms. The van der Waals surface area contributed by atoms with Gasteiger partial charge in [0.2, 0.25) is 5.91 Å². The van der Waals surface area contributed by atoms with Crippen LogP contribution in [0.4, 0.5) is 0 Å². The lowest BCUT2D eigenvalue weighted by Crippen LogP contribution is -2.46. The Kier molecular flexibility index (Phi) is 4.03. The monoisotopic (exact) mass is 371 g/mol. The number of hydrogen-bond acceptors (Lipinski definition) is 4. The van der Waals surface area contributed by atoms with E-state index in [1.54, 1.807) is 7.11 Å². The van der Waals surface area contributed by atoms with Crippen molar-refractivity contribution in [1.29, 1.82) is 0 Å². The van der Waals surface area contributed by atoms with Crippen LogP contribution in [0.25, 0.3) is 0 Å². The van der Waals surface area contributed by atoms with Crippen molar-refractivity contribution in [3.8, 4) is 5.75 Å². The lowest BCUT2D eigenvalue weighted by molar-refractivity contribution is -0.138. The van der Waals surface area contributed by atoms with Crippen molar-refractivity contribution in [3.63, 3.8) is 0 Å². The number of methoxy groups -OCH3 is 1. The summed E-state index contributed by atoms with van der Waals surface area (Å²) < 4.78 is 11.6. The molecule has 1 saturated carbocycles. The molecule has 3 saturated heterocycles. The van der Waals surface area contributed by atoms with Crippen LogP contribution in [0, 0.1) is 11.8 Å². The zero-order chi connectivity index (χ0) is 18.6. The molecule has 3 aliphatic heterocycles. The van der Waals surface area contributed by atoms with Gasteiger partial charge in [-0.15, -0.1) is 0 Å². The second-order valence-electron chi connectivity index (χ2n) is 8.92. The highest BCUT2D eigenvalue weighted by Gasteiger charge is 2.64. The van der Waals surface area contributed by atoms with Gasteiger partial charge in [-0.05, 0) is 43.4 Å². The number of rotatable bonds is 4. The maximum atomic E-state index is 13.8. The topological polar surface area (TPSA) is 59.0 Å². The van der Waals surface area contributed by atoms with Gasteiger partial charge in [-0.3, -0.25) is 4.79 Å². The van der Waals surface area contributed by atoms with E-state index in [0.717, 1.165) is 56.4 Å². The van der Waals surface area contributed by atoms with Gasteiger partial charge in [0.25, 0.3) is 0 Å². The number of amides is 1. The van der Waals surface area contributed by atoms with E-state index in [4.69, 9.17) is 9.47 Å². The molecule has 3 heterocycles. The van der Waals surface area contributed by atoms with Gasteiger partial charge in [-0.25, -0.2) is 0 Å². The number of nitrogens with zero attached hydrogens (tertiary/aromatic N) is 1. The maximum Gasteiger partial charge on any atom is 0.233 e. The lowest BCUT2D eigenvalue weighted by atomic mass is 9.74. The van der Waals surface area contributed by atoms with Crippen LogP contribution in [-0.2, 0) is 14.9 Å². The van der Waals surface area contributed by atoms with Crippen LogP contribution in [0.2, 0.25) is 0 Å². The highest BCUT2D eigenvalue weighted by molar-refractivity contribution is 5.89. The highest BCUT2D eigenvalue weighted by Crippen LogP contribution is 2.55. The maximum absolute atomic E-state index is 13.8. The summed E-state index contributed by atoms with van der Waals surface area (Å²) in [5, 5.41) is 9.85. The third kappa shape index (κ3) is 2.40. The Morgan fingerprint density at radius 3 is 2.67 bits per heavy atom. The average Bonchev–Trinajstić information content (AvgIpc) is 3.46. The van der Waals surface area contributed by atoms with Crippen LogP contribution in [-0.4, -0.2) is 54.4 Å². The molecule has 2 bridgehead atoms. The highest BCUT2D eigenvalue weighted by atomic mass is 16.5. The number of benzene rings is 1. The summed E-state index contributed by atoms with van der Waals surface area (Å²) in [4.78, 5) is 15.9. The Hall–Kier alpha value is -1.59. The number of ether oxygens (including phenoxy) is 2. The van der Waals surface area contributed by atoms with E-state index < -0.39 is 5.41 Å². The van der Waals surface area contributed by atoms with Crippen LogP contribution in [0.1, 0.15) is 44.1 Å². The van der Waals surface area contributed by atoms with Crippen molar-refractivity contribution in [2.75, 3.05) is 26.8 Å². The predicted octanol–water partition coefficient (Wildman–Crippen LogP) is 2.51. The predicted molar refractivity (Wildman–Crippen MR) is 101 cm³/mol. The molecule has 1 N–H and O–H groups in total. The van der Waals surface area contributed by atoms with E-state index in [0.29, 0.717) is 12.5 Å². The molecule has 1 amide bonds. The number of carbonyl (C=O) groups excluding carboxylic acids is 1. The number of carbonyl (C=O) groups is 1. The minimum atomic E-state index is -0.408. The fourth-order valence-corrected chi connectivity index (χ4v) is 6.41. The summed E-state index contributed by atoms with van der Waals surface area (Å²) >= 11 is 0. The molecule has 4 atom stereocenters. The fourth-order valence-electron chi connectivity index (χ4n) is 6.41. The zero-order valence-electron chi connectivity index (χ0n) is 16.0. The standard InChI is InChI=1S/C22H29NO4/c1-26-16-6-4-15(5-7-16)21(9-2-3-10-21)20(25)23-12-18-17(13-24)19-8-11-22(18,14-23)27-19/h4-7,17-19,24H,2-3,8-14H2,1H3/t17-,18+,19+,22+/m0/s1. The van der Waals surface area contributed by atoms with Gasteiger partial charge < -0.3 is 19.5 Å². The third-order valence-corrected chi connectivity index (χ3v) is 7.79. The molecule has 0 radical (unpaired) electrons. The molecule has 0 unspecified atom stereocenters. The number of aliphatic hydroxyl groups is 1. The van der Waals surface area contributed by atoms with E-state index >= 15 is 0 Å². The average molecular weight is 371 g/mol. The number of aliphatic hydroxyl groups excluding tert-OH is 1. The molecule has 1 aromatic rings. The first-order valence-electron chi connectivity index (χ1n) is 10.3. The molecular weight excluding hydrogens is 342 g/mol. The molecular formula is C22H29NO4. The Labute approximate surface area is 160 Å². The quantitative estimate of drug-likeness (QED) is 0.884. The van der Waals surface area contributed by atoms with E-state index in [1.807, 2.05) is 12.1 Å². The first-order chi connectivity index (χ1) is 13.1. The van der Waals surface area contributed by atoms with Crippen molar-refractivity contribution in [2.45, 2.75) is 55.6 Å². The summed E-state index contributed by atoms with van der Waals surface area (Å²) in [6.45, 7) is 1.60. The summed E-state index contributed by atoms with van der Waals surface area (Å²) in [6.07, 6.45) is 6.26. The normalized spacial score (nSPS) is 36.2. The van der Waals surface area contributed by atoms with Crippen LogP contribution >= 0.6 is 0 Å². The van der Waals surface area contributed by atoms with Crippen molar-refractivity contribution in [2.24, 2.45) is 11.8 Å². The Morgan fingerprint density at radius 1 is 1.26 bits per heavy atom. The van der Waals surface area contributed by atoms with Crippen molar-refractivity contribution >= 4 is 5.91 Å². The van der Waals surface area contributed by atoms with E-state index in [1.165, 1.54) is 0 Å². The molecule has 5 rings (SSSR count). The minimum absolute atomic E-state index is 0.169. The van der Waals surface area contributed by atoms with Gasteiger partial charge in [-0.1, -0.05) is 25.0 Å². The van der Waals surface area contributed by atoms with E-state index in [-0.39, 0.29) is 30.1 Å². The number of likely N-dealkylation sites (tertiary alicyclic amines) is 1. The second kappa shape index (κ2) is 6.21. The number of hydrogen-bond donors (Lipinski definition) is 1. The van der Waals surface area contributed by atoms with Crippen molar-refractivity contribution < 1.29 is 19.4 Å². The first kappa shape index (κ1) is 17.5. The first-order valence-corrected chi connectivity index (χ1v) is 10.3. The van der Waals surface area contributed by atoms with E-state index in [9.17, 15) is 9.90 Å². The molecule has 4 fully saturated rings. The van der Waals surface area contributed by atoms with E-state index in [2.05, 4.69) is 17.0 Å². The molecule has 1 aromatic carbocycles. The largest absolute Gasteiger partial charge is 0.497 e. The lowest BCUT2D eigenvalue weighted by Gasteiger charge is -2.34. The molecule has 146 valence electrons. The zero-order valence-corrected chi connectivity index (χ0v) is 16.0. The molecule has 1 aliphatic carbocycles. The molecule has 5 nitrogen and oxygen atoms in total. The summed E-state index contributed by atoms with van der Waals surface area (Å²) in [6, 6.07) is 8.06. The van der Waals surface area contributed by atoms with Crippen LogP contribution in [0.15, 0.2) is 24.3 Å². The summed E-state index contributed by atoms with van der Waals surface area (Å²) in [7, 11) is 1.67. The van der Waals surface area contributed by atoms with Crippen LogP contribution in [0.3, 0.4) is 0 Å². The molecule has 5 heteroatoms. The minimum Gasteiger partial charge on any atom is -0.497 e. The third-order valence-electron chi connectivity index (χ3n) is 7.79. The Bertz CT molecular complexity index is 726. The Morgan fingerprint density at radius 2 is 2.00 bits per heavy atom. The van der Waals surface area contributed by atoms with Crippen molar-refractivity contribution in [1.82, 2.24) is 4.90 Å². The molecule has 0 aromatic heterocycles. The van der Waals surface area contributed by atoms with Gasteiger partial charge in [-0.2, -0.15) is 0 Å². The van der Waals surface area contributed by atoms with Gasteiger partial charge in [0.15, 0.2) is 0 Å². The summed E-state index contributed by atoms with van der Waals surface area (Å²) in [5.74, 6) is 1.57. The van der Waals surface area contributed by atoms with Gasteiger partial charge in [0, 0.05) is 25.0 Å².